The number of hydrogen-bond donors (Lipinski definition) is 0. The van der Waals surface area contributed by atoms with Gasteiger partial charge in [-0.25, -0.2) is 0 Å². The van der Waals surface area contributed by atoms with Gasteiger partial charge in [0.1, 0.15) is 0 Å². The van der Waals surface area contributed by atoms with E-state index in [9.17, 15) is 0 Å². The van der Waals surface area contributed by atoms with Gasteiger partial charge in [0.15, 0.2) is 0 Å². The van der Waals surface area contributed by atoms with Crippen molar-refractivity contribution in [3.8, 4) is 6.07 Å². The van der Waals surface area contributed by atoms with E-state index in [1.807, 2.05) is 0 Å². The Balaban J connectivity index is 2.12. The first-order valence-corrected chi connectivity index (χ1v) is 6.03. The summed E-state index contributed by atoms with van der Waals surface area (Å²) in [7, 11) is 0. The number of likely N-dealkylation sites (N-methyl/N-ethyl adjacent to an activating group) is 1. The molecule has 1 aliphatic rings. The van der Waals surface area contributed by atoms with Gasteiger partial charge >= 0.3 is 0 Å². The predicted octanol–water partition coefficient (Wildman–Crippen LogP) is 2.52. The molecule has 16 heavy (non-hydrogen) atoms. The highest BCUT2D eigenvalue weighted by atomic mass is 15.1. The lowest BCUT2D eigenvalue weighted by molar-refractivity contribution is 0.268. The fourth-order valence-electron chi connectivity index (χ4n) is 2.29. The van der Waals surface area contributed by atoms with Gasteiger partial charge in [-0.3, -0.25) is 4.90 Å². The summed E-state index contributed by atoms with van der Waals surface area (Å²) in [5.74, 6) is 0. The molecule has 2 heteroatoms. The molecule has 0 radical (unpaired) electrons. The van der Waals surface area contributed by atoms with Gasteiger partial charge in [0.05, 0.1) is 6.07 Å². The molecule has 2 nitrogen and oxygen atoms in total. The van der Waals surface area contributed by atoms with Gasteiger partial charge in [-0.15, -0.1) is 0 Å². The molecule has 0 spiro atoms. The molecule has 0 saturated heterocycles. The van der Waals surface area contributed by atoms with Crippen LogP contribution in [-0.2, 0) is 19.4 Å². The minimum atomic E-state index is 0.625. The molecule has 0 amide bonds. The van der Waals surface area contributed by atoms with E-state index < -0.39 is 0 Å². The van der Waals surface area contributed by atoms with Crippen LogP contribution >= 0.6 is 0 Å². The zero-order valence-electron chi connectivity index (χ0n) is 9.87. The second-order valence-corrected chi connectivity index (χ2v) is 4.38. The summed E-state index contributed by atoms with van der Waals surface area (Å²) < 4.78 is 0. The number of nitrogens with zero attached hydrogens (tertiary/aromatic N) is 2. The van der Waals surface area contributed by atoms with E-state index in [0.717, 1.165) is 25.9 Å². The van der Waals surface area contributed by atoms with E-state index in [4.69, 9.17) is 5.26 Å². The first-order valence-electron chi connectivity index (χ1n) is 6.03. The second kappa shape index (κ2) is 5.14. The van der Waals surface area contributed by atoms with Crippen molar-refractivity contribution in [3.05, 3.63) is 34.9 Å². The van der Waals surface area contributed by atoms with Gasteiger partial charge in [-0.05, 0) is 36.1 Å². The maximum atomic E-state index is 8.58. The summed E-state index contributed by atoms with van der Waals surface area (Å²) in [4.78, 5) is 2.47. The molecule has 0 aromatic heterocycles. The van der Waals surface area contributed by atoms with Gasteiger partial charge in [-0.1, -0.05) is 25.1 Å². The van der Waals surface area contributed by atoms with Crippen LogP contribution in [0.2, 0.25) is 0 Å². The highest BCUT2D eigenvalue weighted by Gasteiger charge is 2.14. The topological polar surface area (TPSA) is 27.0 Å². The van der Waals surface area contributed by atoms with Crippen molar-refractivity contribution in [2.45, 2.75) is 32.7 Å². The van der Waals surface area contributed by atoms with E-state index in [1.54, 1.807) is 0 Å². The lowest BCUT2D eigenvalue weighted by Gasteiger charge is -2.27. The van der Waals surface area contributed by atoms with E-state index in [1.165, 1.54) is 23.2 Å². The number of fused-ring (bicyclic) bond motifs is 1. The fraction of sp³-hybridized carbons (Fsp3) is 0.500. The van der Waals surface area contributed by atoms with Crippen LogP contribution < -0.4 is 0 Å². The van der Waals surface area contributed by atoms with Crippen LogP contribution in [0.5, 0.6) is 0 Å². The first kappa shape index (κ1) is 11.2. The second-order valence-electron chi connectivity index (χ2n) is 4.38. The third-order valence-corrected chi connectivity index (χ3v) is 3.33. The smallest absolute Gasteiger partial charge is 0.0625 e. The van der Waals surface area contributed by atoms with Crippen molar-refractivity contribution < 1.29 is 0 Å². The monoisotopic (exact) mass is 214 g/mol. The van der Waals surface area contributed by atoms with Gasteiger partial charge < -0.3 is 0 Å². The molecule has 0 fully saturated rings. The highest BCUT2D eigenvalue weighted by Crippen LogP contribution is 2.20. The van der Waals surface area contributed by atoms with Crippen LogP contribution in [0.1, 0.15) is 30.0 Å². The molecule has 1 heterocycles. The Hall–Kier alpha value is -1.33. The average Bonchev–Trinajstić information content (AvgIpc) is 2.35. The molecule has 0 unspecified atom stereocenters. The molecule has 0 atom stereocenters. The van der Waals surface area contributed by atoms with E-state index in [0.29, 0.717) is 6.42 Å². The summed E-state index contributed by atoms with van der Waals surface area (Å²) in [6, 6.07) is 8.91. The van der Waals surface area contributed by atoms with Crippen molar-refractivity contribution in [1.29, 1.82) is 5.26 Å². The van der Waals surface area contributed by atoms with Crippen LogP contribution in [-0.4, -0.2) is 18.0 Å². The number of hydrogen-bond acceptors (Lipinski definition) is 2. The molecule has 2 rings (SSSR count). The van der Waals surface area contributed by atoms with Gasteiger partial charge in [0, 0.05) is 19.5 Å². The van der Waals surface area contributed by atoms with Crippen molar-refractivity contribution in [3.63, 3.8) is 0 Å². The van der Waals surface area contributed by atoms with Gasteiger partial charge in [0.2, 0.25) is 0 Å². The molecule has 0 aliphatic carbocycles. The minimum absolute atomic E-state index is 0.625. The normalized spacial score (nSPS) is 15.5. The minimum Gasteiger partial charge on any atom is -0.299 e. The van der Waals surface area contributed by atoms with Crippen molar-refractivity contribution in [2.24, 2.45) is 0 Å². The largest absolute Gasteiger partial charge is 0.299 e. The molecule has 0 saturated carbocycles. The molecule has 1 aliphatic heterocycles. The molecule has 0 bridgehead atoms. The number of aryl methyl sites for hydroxylation is 1. The quantitative estimate of drug-likeness (QED) is 0.773. The SMILES string of the molecule is CCN1CCc2cc(CCC#N)ccc2C1. The summed E-state index contributed by atoms with van der Waals surface area (Å²) in [5, 5.41) is 8.58. The Morgan fingerprint density at radius 1 is 1.38 bits per heavy atom. The Morgan fingerprint density at radius 2 is 2.25 bits per heavy atom. The van der Waals surface area contributed by atoms with Crippen molar-refractivity contribution in [2.75, 3.05) is 13.1 Å². The maximum Gasteiger partial charge on any atom is 0.0625 e. The number of benzene rings is 1. The molecule has 0 N–H and O–H groups in total. The van der Waals surface area contributed by atoms with Crippen LogP contribution in [0.4, 0.5) is 0 Å². The maximum absolute atomic E-state index is 8.58. The molecule has 1 aromatic rings. The summed E-state index contributed by atoms with van der Waals surface area (Å²) in [6.45, 7) is 5.61. The van der Waals surface area contributed by atoms with E-state index in [2.05, 4.69) is 36.1 Å². The van der Waals surface area contributed by atoms with Crippen LogP contribution in [0.25, 0.3) is 0 Å². The zero-order chi connectivity index (χ0) is 11.4. The zero-order valence-corrected chi connectivity index (χ0v) is 9.87. The summed E-state index contributed by atoms with van der Waals surface area (Å²) in [6.07, 6.45) is 2.67. The fourth-order valence-corrected chi connectivity index (χ4v) is 2.29. The summed E-state index contributed by atoms with van der Waals surface area (Å²) in [5.41, 5.74) is 4.26. The predicted molar refractivity (Wildman–Crippen MR) is 65.0 cm³/mol. The molecule has 1 aromatic carbocycles. The Kier molecular flexibility index (Phi) is 3.58. The third kappa shape index (κ3) is 2.43. The number of nitriles is 1. The van der Waals surface area contributed by atoms with Crippen molar-refractivity contribution >= 4 is 0 Å². The third-order valence-electron chi connectivity index (χ3n) is 3.33. The van der Waals surface area contributed by atoms with Crippen molar-refractivity contribution in [1.82, 2.24) is 4.90 Å². The van der Waals surface area contributed by atoms with E-state index >= 15 is 0 Å². The lowest BCUT2D eigenvalue weighted by atomic mass is 9.96. The summed E-state index contributed by atoms with van der Waals surface area (Å²) >= 11 is 0. The van der Waals surface area contributed by atoms with Crippen LogP contribution in [0.3, 0.4) is 0 Å². The van der Waals surface area contributed by atoms with Gasteiger partial charge in [-0.2, -0.15) is 5.26 Å². The average molecular weight is 214 g/mol. The Labute approximate surface area is 97.5 Å². The highest BCUT2D eigenvalue weighted by molar-refractivity contribution is 5.34. The molecular formula is C14H18N2. The molecular weight excluding hydrogens is 196 g/mol. The van der Waals surface area contributed by atoms with Crippen LogP contribution in [0.15, 0.2) is 18.2 Å². The standard InChI is InChI=1S/C14H18N2/c1-2-16-9-7-13-10-12(4-3-8-15)5-6-14(13)11-16/h5-6,10H,2-4,7,9,11H2,1H3. The lowest BCUT2D eigenvalue weighted by Crippen LogP contribution is -2.30. The van der Waals surface area contributed by atoms with E-state index in [-0.39, 0.29) is 0 Å². The van der Waals surface area contributed by atoms with Crippen LogP contribution in [0, 0.1) is 11.3 Å². The molecule has 84 valence electrons. The van der Waals surface area contributed by atoms with Gasteiger partial charge in [0.25, 0.3) is 0 Å². The Bertz CT molecular complexity index is 404. The first-order chi connectivity index (χ1) is 7.83. The number of rotatable bonds is 3. The Morgan fingerprint density at radius 3 is 3.00 bits per heavy atom.